The highest BCUT2D eigenvalue weighted by Crippen LogP contribution is 2.15. The molecule has 0 fully saturated rings. The van der Waals surface area contributed by atoms with Crippen LogP contribution in [0.2, 0.25) is 0 Å². The molecular weight excluding hydrogens is 326 g/mol. The van der Waals surface area contributed by atoms with Crippen LogP contribution in [-0.2, 0) is 9.84 Å². The van der Waals surface area contributed by atoms with E-state index in [1.54, 1.807) is 27.8 Å². The van der Waals surface area contributed by atoms with Gasteiger partial charge in [-0.25, -0.2) is 8.42 Å². The van der Waals surface area contributed by atoms with Gasteiger partial charge in [0.1, 0.15) is 12.4 Å². The number of benzene rings is 1. The Balaban J connectivity index is 2.40. The molecule has 24 heavy (non-hydrogen) atoms. The molecule has 0 saturated carbocycles. The summed E-state index contributed by atoms with van der Waals surface area (Å²) in [6.45, 7) is 6.62. The Kier molecular flexibility index (Phi) is 7.54. The largest absolute Gasteiger partial charge is 0.492 e. The summed E-state index contributed by atoms with van der Waals surface area (Å²) >= 11 is 0. The van der Waals surface area contributed by atoms with Crippen molar-refractivity contribution in [3.8, 4) is 5.75 Å². The Labute approximate surface area is 145 Å². The van der Waals surface area contributed by atoms with Crippen molar-refractivity contribution in [2.45, 2.75) is 25.5 Å². The van der Waals surface area contributed by atoms with Crippen LogP contribution in [0.25, 0.3) is 0 Å². The van der Waals surface area contributed by atoms with E-state index in [9.17, 15) is 8.42 Å². The lowest BCUT2D eigenvalue weighted by Gasteiger charge is -2.23. The van der Waals surface area contributed by atoms with E-state index >= 15 is 0 Å². The molecular formula is C17H29N3O3S. The zero-order valence-electron chi connectivity index (χ0n) is 15.2. The zero-order chi connectivity index (χ0) is 18.2. The molecule has 1 aromatic rings. The molecule has 0 radical (unpaired) electrons. The summed E-state index contributed by atoms with van der Waals surface area (Å²) in [5.41, 5.74) is 0. The molecule has 0 unspecified atom stereocenters. The predicted octanol–water partition coefficient (Wildman–Crippen LogP) is 1.79. The average Bonchev–Trinajstić information content (AvgIpc) is 2.51. The fraction of sp³-hybridized carbons (Fsp3) is 0.588. The molecule has 6 nitrogen and oxygen atoms in total. The highest BCUT2D eigenvalue weighted by atomic mass is 32.2. The smallest absolute Gasteiger partial charge is 0.193 e. The van der Waals surface area contributed by atoms with Gasteiger partial charge in [0.2, 0.25) is 0 Å². The highest BCUT2D eigenvalue weighted by Gasteiger charge is 2.28. The van der Waals surface area contributed by atoms with E-state index in [1.165, 1.54) is 0 Å². The van der Waals surface area contributed by atoms with Crippen molar-refractivity contribution in [3.05, 3.63) is 30.3 Å². The molecule has 1 N–H and O–H groups in total. The number of guanidine groups is 1. The summed E-state index contributed by atoms with van der Waals surface area (Å²) in [4.78, 5) is 6.09. The van der Waals surface area contributed by atoms with Crippen LogP contribution in [-0.4, -0.2) is 63.6 Å². The fourth-order valence-corrected chi connectivity index (χ4v) is 2.89. The second-order valence-corrected chi connectivity index (χ2v) is 9.35. The number of aliphatic imine (C=N–C) groups is 1. The molecule has 0 aliphatic carbocycles. The molecule has 0 atom stereocenters. The van der Waals surface area contributed by atoms with Crippen molar-refractivity contribution in [3.63, 3.8) is 0 Å². The third-order valence-electron chi connectivity index (χ3n) is 3.60. The second-order valence-electron chi connectivity index (χ2n) is 6.49. The summed E-state index contributed by atoms with van der Waals surface area (Å²) in [6.07, 6.45) is 0. The molecule has 7 heteroatoms. The lowest BCUT2D eigenvalue weighted by molar-refractivity contribution is 0.281. The van der Waals surface area contributed by atoms with Crippen LogP contribution in [0.1, 0.15) is 20.8 Å². The van der Waals surface area contributed by atoms with Crippen molar-refractivity contribution in [2.75, 3.05) is 39.5 Å². The van der Waals surface area contributed by atoms with Gasteiger partial charge in [0, 0.05) is 20.6 Å². The normalized spacial score (nSPS) is 12.8. The van der Waals surface area contributed by atoms with Gasteiger partial charge in [-0.1, -0.05) is 18.2 Å². The maximum Gasteiger partial charge on any atom is 0.193 e. The number of nitrogens with zero attached hydrogens (tertiary/aromatic N) is 2. The number of hydrogen-bond acceptors (Lipinski definition) is 4. The first-order valence-corrected chi connectivity index (χ1v) is 9.64. The van der Waals surface area contributed by atoms with Crippen molar-refractivity contribution >= 4 is 15.8 Å². The van der Waals surface area contributed by atoms with Gasteiger partial charge in [0.25, 0.3) is 0 Å². The SMILES string of the molecule is CN=C(NCCS(=O)(=O)C(C)(C)C)N(C)CCOc1ccccc1. The summed E-state index contributed by atoms with van der Waals surface area (Å²) in [5.74, 6) is 1.55. The van der Waals surface area contributed by atoms with Crippen LogP contribution in [0.3, 0.4) is 0 Å². The number of rotatable bonds is 7. The first-order chi connectivity index (χ1) is 11.2. The van der Waals surface area contributed by atoms with E-state index in [4.69, 9.17) is 4.74 Å². The number of para-hydroxylation sites is 1. The summed E-state index contributed by atoms with van der Waals surface area (Å²) in [5, 5.41) is 3.09. The van der Waals surface area contributed by atoms with Crippen LogP contribution in [0, 0.1) is 0 Å². The molecule has 0 saturated heterocycles. The van der Waals surface area contributed by atoms with Crippen LogP contribution >= 0.6 is 0 Å². The first-order valence-electron chi connectivity index (χ1n) is 7.99. The van der Waals surface area contributed by atoms with E-state index in [0.717, 1.165) is 5.75 Å². The van der Waals surface area contributed by atoms with Crippen molar-refractivity contribution in [1.29, 1.82) is 0 Å². The molecule has 0 amide bonds. The van der Waals surface area contributed by atoms with Crippen molar-refractivity contribution in [2.24, 2.45) is 4.99 Å². The number of ether oxygens (including phenoxy) is 1. The first kappa shape index (κ1) is 20.3. The van der Waals surface area contributed by atoms with Gasteiger partial charge < -0.3 is 15.0 Å². The lowest BCUT2D eigenvalue weighted by atomic mass is 10.3. The molecule has 1 aromatic carbocycles. The fourth-order valence-electron chi connectivity index (χ4n) is 1.91. The van der Waals surface area contributed by atoms with Crippen molar-refractivity contribution < 1.29 is 13.2 Å². The molecule has 0 aliphatic heterocycles. The van der Waals surface area contributed by atoms with Gasteiger partial charge >= 0.3 is 0 Å². The minimum absolute atomic E-state index is 0.0733. The van der Waals surface area contributed by atoms with Crippen LogP contribution < -0.4 is 10.1 Å². The summed E-state index contributed by atoms with van der Waals surface area (Å²) < 4.78 is 29.1. The van der Waals surface area contributed by atoms with E-state index < -0.39 is 14.6 Å². The Hall–Kier alpha value is -1.76. The Morgan fingerprint density at radius 1 is 1.25 bits per heavy atom. The zero-order valence-corrected chi connectivity index (χ0v) is 16.1. The topological polar surface area (TPSA) is 71.0 Å². The van der Waals surface area contributed by atoms with Crippen LogP contribution in [0.5, 0.6) is 5.75 Å². The minimum atomic E-state index is -3.14. The quantitative estimate of drug-likeness (QED) is 0.596. The van der Waals surface area contributed by atoms with Gasteiger partial charge in [-0.3, -0.25) is 4.99 Å². The standard InChI is InChI=1S/C17H29N3O3S/c1-17(2,3)24(21,22)14-11-19-16(18-4)20(5)12-13-23-15-9-7-6-8-10-15/h6-10H,11-14H2,1-5H3,(H,18,19). The molecule has 0 spiro atoms. The van der Waals surface area contributed by atoms with Gasteiger partial charge in [0.15, 0.2) is 15.8 Å². The average molecular weight is 356 g/mol. The monoisotopic (exact) mass is 355 g/mol. The third kappa shape index (κ3) is 6.39. The number of nitrogens with one attached hydrogen (secondary N) is 1. The summed E-state index contributed by atoms with van der Waals surface area (Å²) in [6, 6.07) is 9.61. The molecule has 0 heterocycles. The molecule has 1 rings (SSSR count). The Bertz CT molecular complexity index is 622. The molecule has 0 aliphatic rings. The van der Waals surface area contributed by atoms with E-state index in [-0.39, 0.29) is 5.75 Å². The minimum Gasteiger partial charge on any atom is -0.492 e. The number of hydrogen-bond donors (Lipinski definition) is 1. The molecule has 0 bridgehead atoms. The maximum absolute atomic E-state index is 12.1. The van der Waals surface area contributed by atoms with Gasteiger partial charge in [0.05, 0.1) is 17.0 Å². The highest BCUT2D eigenvalue weighted by molar-refractivity contribution is 7.92. The Morgan fingerprint density at radius 2 is 1.88 bits per heavy atom. The third-order valence-corrected chi connectivity index (χ3v) is 6.21. The second kappa shape index (κ2) is 8.92. The molecule has 0 aromatic heterocycles. The van der Waals surface area contributed by atoms with Crippen LogP contribution in [0.4, 0.5) is 0 Å². The van der Waals surface area contributed by atoms with E-state index in [2.05, 4.69) is 10.3 Å². The van der Waals surface area contributed by atoms with E-state index in [0.29, 0.717) is 25.7 Å². The maximum atomic E-state index is 12.1. The predicted molar refractivity (Wildman–Crippen MR) is 99.5 cm³/mol. The van der Waals surface area contributed by atoms with Gasteiger partial charge in [-0.05, 0) is 32.9 Å². The van der Waals surface area contributed by atoms with Crippen LogP contribution in [0.15, 0.2) is 35.3 Å². The molecule has 136 valence electrons. The number of likely N-dealkylation sites (N-methyl/N-ethyl adjacent to an activating group) is 1. The van der Waals surface area contributed by atoms with E-state index in [1.807, 2.05) is 42.3 Å². The van der Waals surface area contributed by atoms with Gasteiger partial charge in [-0.15, -0.1) is 0 Å². The van der Waals surface area contributed by atoms with Crippen molar-refractivity contribution in [1.82, 2.24) is 10.2 Å². The Morgan fingerprint density at radius 3 is 2.42 bits per heavy atom. The lowest BCUT2D eigenvalue weighted by Crippen LogP contribution is -2.43. The van der Waals surface area contributed by atoms with Gasteiger partial charge in [-0.2, -0.15) is 0 Å². The number of sulfone groups is 1. The summed E-state index contributed by atoms with van der Waals surface area (Å²) in [7, 11) is 0.426.